The first-order valence-electron chi connectivity index (χ1n) is 7.20. The van der Waals surface area contributed by atoms with Crippen LogP contribution in [0.25, 0.3) is 0 Å². The molecular formula is C16H25NO3. The zero-order valence-corrected chi connectivity index (χ0v) is 12.6. The van der Waals surface area contributed by atoms with Crippen LogP contribution in [0.1, 0.15) is 39.2 Å². The summed E-state index contributed by atoms with van der Waals surface area (Å²) in [6.07, 6.45) is 2.22. The van der Waals surface area contributed by atoms with Gasteiger partial charge in [0.2, 0.25) is 0 Å². The average molecular weight is 279 g/mol. The Balaban J connectivity index is 3.03. The first-order valence-corrected chi connectivity index (χ1v) is 7.20. The Morgan fingerprint density at radius 1 is 1.25 bits per heavy atom. The van der Waals surface area contributed by atoms with E-state index in [2.05, 4.69) is 13.8 Å². The highest BCUT2D eigenvalue weighted by Gasteiger charge is 2.38. The molecule has 0 fully saturated rings. The van der Waals surface area contributed by atoms with E-state index in [1.807, 2.05) is 11.0 Å². The first-order chi connectivity index (χ1) is 9.43. The number of carboxylic acid groups (broad SMARTS) is 1. The van der Waals surface area contributed by atoms with Gasteiger partial charge in [-0.25, -0.2) is 0 Å². The van der Waals surface area contributed by atoms with Crippen molar-refractivity contribution in [3.8, 4) is 5.75 Å². The second kappa shape index (κ2) is 7.29. The maximum atomic E-state index is 11.8. The molecule has 4 nitrogen and oxygen atoms in total. The quantitative estimate of drug-likeness (QED) is 0.768. The topological polar surface area (TPSA) is 60.8 Å². The molecule has 0 aliphatic heterocycles. The lowest BCUT2D eigenvalue weighted by atomic mass is 9.90. The van der Waals surface area contributed by atoms with Crippen LogP contribution in [0.4, 0.5) is 0 Å². The Labute approximate surface area is 121 Å². The number of nitrogens with zero attached hydrogens (tertiary/aromatic N) is 1. The van der Waals surface area contributed by atoms with Crippen LogP contribution in [0.3, 0.4) is 0 Å². The number of benzene rings is 1. The van der Waals surface area contributed by atoms with Gasteiger partial charge in [0.25, 0.3) is 0 Å². The number of carbonyl (C=O) groups is 1. The van der Waals surface area contributed by atoms with Crippen molar-refractivity contribution >= 4 is 5.97 Å². The zero-order chi connectivity index (χ0) is 15.2. The SMILES string of the molecule is CCCN(CCC)C(C)(Cc1cccc(O)c1)C(=O)O. The highest BCUT2D eigenvalue weighted by Crippen LogP contribution is 2.24. The van der Waals surface area contributed by atoms with E-state index >= 15 is 0 Å². The van der Waals surface area contributed by atoms with Crippen LogP contribution in [0.5, 0.6) is 5.75 Å². The van der Waals surface area contributed by atoms with E-state index in [0.29, 0.717) is 6.42 Å². The summed E-state index contributed by atoms with van der Waals surface area (Å²) in [5.41, 5.74) is -0.105. The van der Waals surface area contributed by atoms with Gasteiger partial charge in [-0.3, -0.25) is 9.69 Å². The minimum absolute atomic E-state index is 0.174. The van der Waals surface area contributed by atoms with Crippen molar-refractivity contribution in [1.29, 1.82) is 0 Å². The number of phenols is 1. The van der Waals surface area contributed by atoms with Gasteiger partial charge >= 0.3 is 5.97 Å². The number of aromatic hydroxyl groups is 1. The van der Waals surface area contributed by atoms with Crippen molar-refractivity contribution in [2.24, 2.45) is 0 Å². The van der Waals surface area contributed by atoms with Crippen molar-refractivity contribution in [1.82, 2.24) is 4.90 Å². The molecule has 0 radical (unpaired) electrons. The van der Waals surface area contributed by atoms with Gasteiger partial charge in [0.05, 0.1) is 0 Å². The van der Waals surface area contributed by atoms with Gasteiger partial charge in [0.15, 0.2) is 0 Å². The second-order valence-electron chi connectivity index (χ2n) is 5.41. The third kappa shape index (κ3) is 3.97. The third-order valence-electron chi connectivity index (χ3n) is 3.60. The lowest BCUT2D eigenvalue weighted by molar-refractivity contribution is -0.150. The number of aliphatic carboxylic acids is 1. The van der Waals surface area contributed by atoms with E-state index in [-0.39, 0.29) is 5.75 Å². The fourth-order valence-corrected chi connectivity index (χ4v) is 2.53. The Morgan fingerprint density at radius 2 is 1.85 bits per heavy atom. The van der Waals surface area contributed by atoms with Gasteiger partial charge in [-0.15, -0.1) is 0 Å². The van der Waals surface area contributed by atoms with Crippen molar-refractivity contribution in [2.45, 2.75) is 45.6 Å². The van der Waals surface area contributed by atoms with E-state index in [1.54, 1.807) is 25.1 Å². The van der Waals surface area contributed by atoms with E-state index in [1.165, 1.54) is 0 Å². The summed E-state index contributed by atoms with van der Waals surface area (Å²) in [7, 11) is 0. The number of carboxylic acids is 1. The fourth-order valence-electron chi connectivity index (χ4n) is 2.53. The molecule has 1 atom stereocenters. The van der Waals surface area contributed by atoms with Crippen LogP contribution < -0.4 is 0 Å². The van der Waals surface area contributed by atoms with Crippen LogP contribution in [0.2, 0.25) is 0 Å². The van der Waals surface area contributed by atoms with Gasteiger partial charge in [0, 0.05) is 6.42 Å². The normalized spacial score (nSPS) is 14.2. The van der Waals surface area contributed by atoms with Crippen LogP contribution in [-0.4, -0.2) is 39.7 Å². The molecular weight excluding hydrogens is 254 g/mol. The minimum atomic E-state index is -0.945. The second-order valence-corrected chi connectivity index (χ2v) is 5.41. The zero-order valence-electron chi connectivity index (χ0n) is 12.6. The molecule has 1 rings (SSSR count). The molecule has 0 heterocycles. The molecule has 0 bridgehead atoms. The van der Waals surface area contributed by atoms with Gasteiger partial charge in [-0.05, 0) is 50.6 Å². The minimum Gasteiger partial charge on any atom is -0.508 e. The van der Waals surface area contributed by atoms with Crippen molar-refractivity contribution in [2.75, 3.05) is 13.1 Å². The van der Waals surface area contributed by atoms with Gasteiger partial charge in [0.1, 0.15) is 11.3 Å². The summed E-state index contributed by atoms with van der Waals surface area (Å²) in [6.45, 7) is 7.40. The summed E-state index contributed by atoms with van der Waals surface area (Å²) in [4.78, 5) is 13.8. The summed E-state index contributed by atoms with van der Waals surface area (Å²) >= 11 is 0. The first kappa shape index (κ1) is 16.5. The van der Waals surface area contributed by atoms with Crippen molar-refractivity contribution in [3.05, 3.63) is 29.8 Å². The summed E-state index contributed by atoms with van der Waals surface area (Å²) in [6, 6.07) is 6.84. The van der Waals surface area contributed by atoms with Gasteiger partial charge in [-0.1, -0.05) is 26.0 Å². The van der Waals surface area contributed by atoms with Gasteiger partial charge < -0.3 is 10.2 Å². The number of hydrogen-bond donors (Lipinski definition) is 2. The maximum absolute atomic E-state index is 11.8. The average Bonchev–Trinajstić information content (AvgIpc) is 2.38. The van der Waals surface area contributed by atoms with E-state index in [4.69, 9.17) is 0 Å². The molecule has 0 aliphatic rings. The largest absolute Gasteiger partial charge is 0.508 e. The molecule has 0 amide bonds. The lowest BCUT2D eigenvalue weighted by Gasteiger charge is -2.38. The molecule has 4 heteroatoms. The predicted molar refractivity (Wildman–Crippen MR) is 80.0 cm³/mol. The van der Waals surface area contributed by atoms with Crippen LogP contribution in [-0.2, 0) is 11.2 Å². The molecule has 0 saturated carbocycles. The molecule has 1 aromatic rings. The third-order valence-corrected chi connectivity index (χ3v) is 3.60. The Morgan fingerprint density at radius 3 is 2.30 bits per heavy atom. The molecule has 1 aromatic carbocycles. The van der Waals surface area contributed by atoms with E-state index in [0.717, 1.165) is 31.5 Å². The van der Waals surface area contributed by atoms with Crippen molar-refractivity contribution in [3.63, 3.8) is 0 Å². The predicted octanol–water partition coefficient (Wildman–Crippen LogP) is 2.90. The molecule has 20 heavy (non-hydrogen) atoms. The molecule has 0 spiro atoms. The van der Waals surface area contributed by atoms with Crippen LogP contribution in [0, 0.1) is 0 Å². The fraction of sp³-hybridized carbons (Fsp3) is 0.562. The Kier molecular flexibility index (Phi) is 6.02. The molecule has 112 valence electrons. The van der Waals surface area contributed by atoms with Gasteiger partial charge in [-0.2, -0.15) is 0 Å². The molecule has 0 aromatic heterocycles. The monoisotopic (exact) mass is 279 g/mol. The number of hydrogen-bond acceptors (Lipinski definition) is 3. The highest BCUT2D eigenvalue weighted by molar-refractivity contribution is 5.78. The number of phenolic OH excluding ortho intramolecular Hbond substituents is 1. The van der Waals surface area contributed by atoms with E-state index in [9.17, 15) is 15.0 Å². The Bertz CT molecular complexity index is 441. The summed E-state index contributed by atoms with van der Waals surface area (Å²) in [5, 5.41) is 19.2. The molecule has 2 N–H and O–H groups in total. The maximum Gasteiger partial charge on any atom is 0.324 e. The lowest BCUT2D eigenvalue weighted by Crippen LogP contribution is -2.54. The highest BCUT2D eigenvalue weighted by atomic mass is 16.4. The molecule has 1 unspecified atom stereocenters. The smallest absolute Gasteiger partial charge is 0.324 e. The van der Waals surface area contributed by atoms with Crippen molar-refractivity contribution < 1.29 is 15.0 Å². The van der Waals surface area contributed by atoms with Crippen LogP contribution in [0.15, 0.2) is 24.3 Å². The Hall–Kier alpha value is -1.55. The summed E-state index contributed by atoms with van der Waals surface area (Å²) in [5.74, 6) is -0.643. The summed E-state index contributed by atoms with van der Waals surface area (Å²) < 4.78 is 0. The van der Waals surface area contributed by atoms with E-state index < -0.39 is 11.5 Å². The number of rotatable bonds is 8. The molecule has 0 saturated heterocycles. The standard InChI is InChI=1S/C16H25NO3/c1-4-9-17(10-5-2)16(3,15(19)20)12-13-7-6-8-14(18)11-13/h6-8,11,18H,4-5,9-10,12H2,1-3H3,(H,19,20). The van der Waals surface area contributed by atoms with Crippen LogP contribution >= 0.6 is 0 Å². The molecule has 0 aliphatic carbocycles.